The minimum absolute atomic E-state index is 0.150. The van der Waals surface area contributed by atoms with Crippen molar-refractivity contribution in [3.05, 3.63) is 34.9 Å². The Labute approximate surface area is 119 Å². The van der Waals surface area contributed by atoms with E-state index >= 15 is 0 Å². The topological polar surface area (TPSA) is 70.2 Å². The van der Waals surface area contributed by atoms with Crippen LogP contribution in [-0.2, 0) is 17.9 Å². The zero-order chi connectivity index (χ0) is 14.5. The summed E-state index contributed by atoms with van der Waals surface area (Å²) in [5.41, 5.74) is 2.98. The normalized spacial score (nSPS) is 14.5. The number of hydrogen-bond acceptors (Lipinski definition) is 3. The first kappa shape index (κ1) is 14.5. The van der Waals surface area contributed by atoms with E-state index in [1.54, 1.807) is 13.0 Å². The van der Waals surface area contributed by atoms with Gasteiger partial charge in [0.05, 0.1) is 0 Å². The Bertz CT molecular complexity index is 514. The lowest BCUT2D eigenvalue weighted by atomic mass is 10.1. The molecule has 0 aromatic heterocycles. The number of benzene rings is 1. The smallest absolute Gasteiger partial charge is 0.251 e. The molecule has 1 aliphatic heterocycles. The van der Waals surface area contributed by atoms with Crippen molar-refractivity contribution in [2.75, 3.05) is 6.54 Å². The van der Waals surface area contributed by atoms with E-state index in [1.807, 2.05) is 19.1 Å². The van der Waals surface area contributed by atoms with Crippen molar-refractivity contribution in [2.45, 2.75) is 39.4 Å². The van der Waals surface area contributed by atoms with Gasteiger partial charge in [0.15, 0.2) is 0 Å². The van der Waals surface area contributed by atoms with Gasteiger partial charge in [-0.05, 0) is 36.6 Å². The van der Waals surface area contributed by atoms with Crippen LogP contribution in [0.2, 0.25) is 0 Å². The molecule has 1 aromatic carbocycles. The fourth-order valence-corrected chi connectivity index (χ4v) is 2.18. The van der Waals surface area contributed by atoms with Crippen molar-refractivity contribution in [2.24, 2.45) is 0 Å². The van der Waals surface area contributed by atoms with Crippen LogP contribution in [0.15, 0.2) is 18.2 Å². The molecular formula is C15H21N3O2. The van der Waals surface area contributed by atoms with Gasteiger partial charge in [0.25, 0.3) is 5.91 Å². The van der Waals surface area contributed by atoms with Crippen LogP contribution < -0.4 is 16.0 Å². The van der Waals surface area contributed by atoms with Gasteiger partial charge in [-0.15, -0.1) is 0 Å². The van der Waals surface area contributed by atoms with Gasteiger partial charge < -0.3 is 16.0 Å². The Hall–Kier alpha value is -1.88. The van der Waals surface area contributed by atoms with Crippen LogP contribution in [0, 0.1) is 0 Å². The van der Waals surface area contributed by atoms with Crippen LogP contribution in [0.5, 0.6) is 0 Å². The molecule has 20 heavy (non-hydrogen) atoms. The van der Waals surface area contributed by atoms with E-state index < -0.39 is 6.04 Å². The molecule has 1 unspecified atom stereocenters. The second kappa shape index (κ2) is 6.52. The summed E-state index contributed by atoms with van der Waals surface area (Å²) in [7, 11) is 0. The van der Waals surface area contributed by atoms with Gasteiger partial charge >= 0.3 is 0 Å². The fourth-order valence-electron chi connectivity index (χ4n) is 2.18. The minimum Gasteiger partial charge on any atom is -0.354 e. The van der Waals surface area contributed by atoms with Crippen LogP contribution in [0.25, 0.3) is 0 Å². The van der Waals surface area contributed by atoms with E-state index in [-0.39, 0.29) is 11.8 Å². The molecule has 1 heterocycles. The predicted molar refractivity (Wildman–Crippen MR) is 77.2 cm³/mol. The number of carbonyl (C=O) groups excluding carboxylic acids is 2. The fraction of sp³-hybridized carbons (Fsp3) is 0.467. The number of nitrogens with one attached hydrogen (secondary N) is 3. The Morgan fingerprint density at radius 1 is 1.30 bits per heavy atom. The van der Waals surface area contributed by atoms with Crippen LogP contribution in [-0.4, -0.2) is 24.4 Å². The van der Waals surface area contributed by atoms with Crippen LogP contribution in [0.3, 0.4) is 0 Å². The van der Waals surface area contributed by atoms with E-state index in [0.29, 0.717) is 12.1 Å². The van der Waals surface area contributed by atoms with E-state index in [9.17, 15) is 9.59 Å². The Kier molecular flexibility index (Phi) is 4.74. The lowest BCUT2D eigenvalue weighted by Crippen LogP contribution is -2.45. The second-order valence-corrected chi connectivity index (χ2v) is 5.07. The third-order valence-electron chi connectivity index (χ3n) is 3.39. The highest BCUT2D eigenvalue weighted by molar-refractivity contribution is 5.97. The van der Waals surface area contributed by atoms with Crippen LogP contribution in [0.4, 0.5) is 0 Å². The first-order valence-corrected chi connectivity index (χ1v) is 7.03. The Morgan fingerprint density at radius 3 is 2.80 bits per heavy atom. The molecule has 1 aromatic rings. The molecule has 0 spiro atoms. The molecule has 0 saturated heterocycles. The molecule has 2 rings (SSSR count). The second-order valence-electron chi connectivity index (χ2n) is 5.07. The Balaban J connectivity index is 1.96. The van der Waals surface area contributed by atoms with Crippen LogP contribution >= 0.6 is 0 Å². The van der Waals surface area contributed by atoms with Crippen molar-refractivity contribution in [1.29, 1.82) is 0 Å². The first-order chi connectivity index (χ1) is 9.61. The summed E-state index contributed by atoms with van der Waals surface area (Å²) in [6.45, 7) is 5.96. The maximum atomic E-state index is 12.1. The van der Waals surface area contributed by atoms with Gasteiger partial charge in [0.2, 0.25) is 5.91 Å². The third-order valence-corrected chi connectivity index (χ3v) is 3.39. The summed E-state index contributed by atoms with van der Waals surface area (Å²) < 4.78 is 0. The average molecular weight is 275 g/mol. The van der Waals surface area contributed by atoms with Crippen molar-refractivity contribution in [3.8, 4) is 0 Å². The maximum absolute atomic E-state index is 12.1. The minimum atomic E-state index is -0.527. The number of amides is 2. The molecule has 0 bridgehead atoms. The van der Waals surface area contributed by atoms with Gasteiger partial charge in [-0.3, -0.25) is 9.59 Å². The Morgan fingerprint density at radius 2 is 2.05 bits per heavy atom. The molecule has 0 radical (unpaired) electrons. The summed E-state index contributed by atoms with van der Waals surface area (Å²) in [5.74, 6) is -0.359. The summed E-state index contributed by atoms with van der Waals surface area (Å²) in [5, 5.41) is 8.73. The molecule has 0 fully saturated rings. The van der Waals surface area contributed by atoms with E-state index in [2.05, 4.69) is 16.0 Å². The van der Waals surface area contributed by atoms with Gasteiger partial charge in [-0.1, -0.05) is 13.0 Å². The third kappa shape index (κ3) is 3.36. The molecule has 0 saturated carbocycles. The molecule has 1 aliphatic rings. The van der Waals surface area contributed by atoms with E-state index in [4.69, 9.17) is 0 Å². The molecule has 5 nitrogen and oxygen atoms in total. The molecule has 0 aliphatic carbocycles. The van der Waals surface area contributed by atoms with Crippen molar-refractivity contribution in [3.63, 3.8) is 0 Å². The SMILES string of the molecule is CCCNC(=O)C(C)NC(=O)c1ccc2c(c1)CNC2. The first-order valence-electron chi connectivity index (χ1n) is 7.03. The lowest BCUT2D eigenvalue weighted by molar-refractivity contribution is -0.122. The standard InChI is InChI=1S/C15H21N3O2/c1-3-6-17-14(19)10(2)18-15(20)11-4-5-12-8-16-9-13(12)7-11/h4-5,7,10,16H,3,6,8-9H2,1-2H3,(H,17,19)(H,18,20). The largest absolute Gasteiger partial charge is 0.354 e. The summed E-state index contributed by atoms with van der Waals surface area (Å²) in [4.78, 5) is 23.8. The number of rotatable bonds is 5. The van der Waals surface area contributed by atoms with Crippen molar-refractivity contribution < 1.29 is 9.59 Å². The number of fused-ring (bicyclic) bond motifs is 1. The van der Waals surface area contributed by atoms with Gasteiger partial charge in [-0.2, -0.15) is 0 Å². The average Bonchev–Trinajstić information content (AvgIpc) is 2.91. The highest BCUT2D eigenvalue weighted by Gasteiger charge is 2.18. The van der Waals surface area contributed by atoms with Crippen molar-refractivity contribution >= 4 is 11.8 Å². The van der Waals surface area contributed by atoms with Gasteiger partial charge in [-0.25, -0.2) is 0 Å². The zero-order valence-corrected chi connectivity index (χ0v) is 12.0. The number of hydrogen-bond donors (Lipinski definition) is 3. The molecule has 108 valence electrons. The molecule has 5 heteroatoms. The van der Waals surface area contributed by atoms with E-state index in [1.165, 1.54) is 5.56 Å². The molecule has 2 amide bonds. The van der Waals surface area contributed by atoms with Crippen molar-refractivity contribution in [1.82, 2.24) is 16.0 Å². The molecule has 1 atom stereocenters. The number of carbonyl (C=O) groups is 2. The van der Waals surface area contributed by atoms with E-state index in [0.717, 1.165) is 25.1 Å². The van der Waals surface area contributed by atoms with Gasteiger partial charge in [0.1, 0.15) is 6.04 Å². The maximum Gasteiger partial charge on any atom is 0.251 e. The monoisotopic (exact) mass is 275 g/mol. The van der Waals surface area contributed by atoms with Gasteiger partial charge in [0, 0.05) is 25.2 Å². The summed E-state index contributed by atoms with van der Waals surface area (Å²) in [6.07, 6.45) is 0.879. The molecule has 3 N–H and O–H groups in total. The summed E-state index contributed by atoms with van der Waals surface area (Å²) >= 11 is 0. The molecular weight excluding hydrogens is 254 g/mol. The van der Waals surface area contributed by atoms with Crippen LogP contribution in [0.1, 0.15) is 41.8 Å². The summed E-state index contributed by atoms with van der Waals surface area (Å²) in [6, 6.07) is 5.13. The predicted octanol–water partition coefficient (Wildman–Crippen LogP) is 0.934. The lowest BCUT2D eigenvalue weighted by Gasteiger charge is -2.14. The zero-order valence-electron chi connectivity index (χ0n) is 12.0. The quantitative estimate of drug-likeness (QED) is 0.749. The highest BCUT2D eigenvalue weighted by atomic mass is 16.2. The highest BCUT2D eigenvalue weighted by Crippen LogP contribution is 2.17.